The summed E-state index contributed by atoms with van der Waals surface area (Å²) in [6, 6.07) is 7.37. The number of amides is 1. The van der Waals surface area contributed by atoms with Crippen molar-refractivity contribution in [3.8, 4) is 6.07 Å². The molecule has 2 aromatic heterocycles. The number of nitrogens with zero attached hydrogens (tertiary/aromatic N) is 2. The molecule has 0 unspecified atom stereocenters. The van der Waals surface area contributed by atoms with E-state index in [9.17, 15) is 9.59 Å². The van der Waals surface area contributed by atoms with Gasteiger partial charge >= 0.3 is 5.97 Å². The Bertz CT molecular complexity index is 790. The summed E-state index contributed by atoms with van der Waals surface area (Å²) in [5.74, 6) is -0.405. The number of ether oxygens (including phenoxy) is 1. The van der Waals surface area contributed by atoms with Crippen LogP contribution in [-0.2, 0) is 9.53 Å². The molecule has 0 saturated heterocycles. The summed E-state index contributed by atoms with van der Waals surface area (Å²) in [5, 5.41) is 16.8. The minimum atomic E-state index is -0.623. The summed E-state index contributed by atoms with van der Waals surface area (Å²) < 4.78 is 4.96. The third-order valence-corrected chi connectivity index (χ3v) is 4.13. The highest BCUT2D eigenvalue weighted by molar-refractivity contribution is 7.14. The van der Waals surface area contributed by atoms with Crippen molar-refractivity contribution in [1.82, 2.24) is 4.98 Å². The van der Waals surface area contributed by atoms with Gasteiger partial charge in [0.2, 0.25) is 0 Å². The predicted octanol–water partition coefficient (Wildman–Crippen LogP) is 2.38. The van der Waals surface area contributed by atoms with Crippen molar-refractivity contribution in [2.75, 3.05) is 17.2 Å². The van der Waals surface area contributed by atoms with Crippen LogP contribution >= 0.6 is 11.3 Å². The third-order valence-electron chi connectivity index (χ3n) is 3.30. The Morgan fingerprint density at radius 1 is 1.38 bits per heavy atom. The van der Waals surface area contributed by atoms with Crippen LogP contribution in [0, 0.1) is 11.3 Å². The molecule has 0 aliphatic heterocycles. The van der Waals surface area contributed by atoms with E-state index in [1.807, 2.05) is 6.07 Å². The highest BCUT2D eigenvalue weighted by atomic mass is 32.1. The average molecular weight is 342 g/mol. The zero-order chi connectivity index (χ0) is 16.9. The van der Waals surface area contributed by atoms with Crippen LogP contribution in [0.15, 0.2) is 29.8 Å². The monoisotopic (exact) mass is 342 g/mol. The Hall–Kier alpha value is -2.92. The van der Waals surface area contributed by atoms with Gasteiger partial charge in [-0.25, -0.2) is 9.78 Å². The maximum Gasteiger partial charge on any atom is 0.340 e. The predicted molar refractivity (Wildman–Crippen MR) is 88.8 cm³/mol. The molecule has 122 valence electrons. The molecule has 2 N–H and O–H groups in total. The van der Waals surface area contributed by atoms with Gasteiger partial charge in [0.15, 0.2) is 6.61 Å². The van der Waals surface area contributed by atoms with Crippen molar-refractivity contribution in [3.05, 3.63) is 40.9 Å². The number of thiophene rings is 1. The van der Waals surface area contributed by atoms with Crippen molar-refractivity contribution in [3.63, 3.8) is 0 Å². The summed E-state index contributed by atoms with van der Waals surface area (Å²) in [4.78, 5) is 27.8. The van der Waals surface area contributed by atoms with Gasteiger partial charge in [-0.2, -0.15) is 5.26 Å². The molecule has 2 heterocycles. The zero-order valence-corrected chi connectivity index (χ0v) is 13.4. The minimum Gasteiger partial charge on any atom is -0.452 e. The number of anilines is 2. The molecule has 1 amide bonds. The first-order chi connectivity index (χ1) is 11.7. The van der Waals surface area contributed by atoms with E-state index in [-0.39, 0.29) is 5.56 Å². The summed E-state index contributed by atoms with van der Waals surface area (Å²) in [6.07, 6.45) is 3.69. The quantitative estimate of drug-likeness (QED) is 0.781. The maximum atomic E-state index is 11.9. The second-order valence-electron chi connectivity index (χ2n) is 5.25. The Labute approximate surface area is 142 Å². The van der Waals surface area contributed by atoms with Crippen molar-refractivity contribution in [2.45, 2.75) is 18.9 Å². The van der Waals surface area contributed by atoms with E-state index in [0.717, 1.165) is 12.8 Å². The second-order valence-corrected chi connectivity index (χ2v) is 6.17. The number of pyridine rings is 1. The van der Waals surface area contributed by atoms with E-state index in [1.165, 1.54) is 17.5 Å². The molecule has 1 aliphatic carbocycles. The van der Waals surface area contributed by atoms with Gasteiger partial charge in [0, 0.05) is 12.2 Å². The lowest BCUT2D eigenvalue weighted by Gasteiger charge is -2.07. The van der Waals surface area contributed by atoms with Gasteiger partial charge in [-0.3, -0.25) is 4.79 Å². The first-order valence-corrected chi connectivity index (χ1v) is 8.21. The molecule has 0 spiro atoms. The number of carbonyl (C=O) groups excluding carboxylic acids is 2. The highest BCUT2D eigenvalue weighted by Gasteiger charge is 2.21. The van der Waals surface area contributed by atoms with Gasteiger partial charge in [-0.1, -0.05) is 0 Å². The molecule has 0 radical (unpaired) electrons. The topological polar surface area (TPSA) is 104 Å². The van der Waals surface area contributed by atoms with Crippen molar-refractivity contribution in [2.24, 2.45) is 0 Å². The highest BCUT2D eigenvalue weighted by Crippen LogP contribution is 2.23. The number of nitriles is 1. The number of hydrogen-bond donors (Lipinski definition) is 2. The lowest BCUT2D eigenvalue weighted by Crippen LogP contribution is -2.21. The van der Waals surface area contributed by atoms with E-state index < -0.39 is 18.5 Å². The molecule has 7 nitrogen and oxygen atoms in total. The van der Waals surface area contributed by atoms with Crippen LogP contribution < -0.4 is 10.6 Å². The van der Waals surface area contributed by atoms with E-state index in [2.05, 4.69) is 15.6 Å². The van der Waals surface area contributed by atoms with E-state index in [0.29, 0.717) is 22.4 Å². The summed E-state index contributed by atoms with van der Waals surface area (Å²) >= 11 is 1.23. The average Bonchev–Trinajstić information content (AvgIpc) is 3.29. The Kier molecular flexibility index (Phi) is 4.72. The fraction of sp³-hybridized carbons (Fsp3) is 0.250. The molecular formula is C16H14N4O3S. The summed E-state index contributed by atoms with van der Waals surface area (Å²) in [5.41, 5.74) is 0.653. The van der Waals surface area contributed by atoms with Crippen LogP contribution in [0.4, 0.5) is 10.8 Å². The largest absolute Gasteiger partial charge is 0.452 e. The van der Waals surface area contributed by atoms with Crippen molar-refractivity contribution in [1.29, 1.82) is 5.26 Å². The molecule has 1 fully saturated rings. The van der Waals surface area contributed by atoms with Gasteiger partial charge < -0.3 is 15.4 Å². The van der Waals surface area contributed by atoms with E-state index in [4.69, 9.17) is 10.00 Å². The molecule has 2 aromatic rings. The van der Waals surface area contributed by atoms with E-state index in [1.54, 1.807) is 23.6 Å². The number of esters is 1. The first-order valence-electron chi connectivity index (χ1n) is 7.33. The van der Waals surface area contributed by atoms with Crippen LogP contribution in [-0.4, -0.2) is 29.5 Å². The van der Waals surface area contributed by atoms with Gasteiger partial charge in [-0.05, 0) is 36.4 Å². The molecule has 1 saturated carbocycles. The molecular weight excluding hydrogens is 328 g/mol. The van der Waals surface area contributed by atoms with Crippen molar-refractivity contribution >= 4 is 34.0 Å². The number of hydrogen-bond acceptors (Lipinski definition) is 7. The molecule has 0 bridgehead atoms. The number of nitrogens with one attached hydrogen (secondary N) is 2. The molecule has 24 heavy (non-hydrogen) atoms. The van der Waals surface area contributed by atoms with Crippen LogP contribution in [0.2, 0.25) is 0 Å². The number of rotatable bonds is 6. The third kappa shape index (κ3) is 4.08. The van der Waals surface area contributed by atoms with Gasteiger partial charge in [0.05, 0.1) is 11.1 Å². The Morgan fingerprint density at radius 2 is 2.21 bits per heavy atom. The Balaban J connectivity index is 1.49. The normalized spacial score (nSPS) is 13.0. The fourth-order valence-electron chi connectivity index (χ4n) is 1.91. The zero-order valence-electron chi connectivity index (χ0n) is 12.6. The lowest BCUT2D eigenvalue weighted by atomic mass is 10.3. The minimum absolute atomic E-state index is 0.276. The first kappa shape index (κ1) is 16.0. The SMILES string of the molecule is N#Cc1ccsc1NC(=O)COC(=O)c1ccc(NC2CC2)nc1. The molecule has 3 rings (SSSR count). The lowest BCUT2D eigenvalue weighted by molar-refractivity contribution is -0.119. The molecule has 8 heteroatoms. The van der Waals surface area contributed by atoms with Crippen molar-refractivity contribution < 1.29 is 14.3 Å². The smallest absolute Gasteiger partial charge is 0.340 e. The second kappa shape index (κ2) is 7.10. The standard InChI is InChI=1S/C16H14N4O3S/c17-7-10-5-6-24-15(10)20-14(21)9-23-16(22)11-1-4-13(18-8-11)19-12-2-3-12/h1,4-6,8,12H,2-3,9H2,(H,18,19)(H,20,21). The van der Waals surface area contributed by atoms with Crippen LogP contribution in [0.25, 0.3) is 0 Å². The van der Waals surface area contributed by atoms with E-state index >= 15 is 0 Å². The van der Waals surface area contributed by atoms with Crippen LogP contribution in [0.3, 0.4) is 0 Å². The van der Waals surface area contributed by atoms with Gasteiger partial charge in [0.25, 0.3) is 5.91 Å². The number of aromatic nitrogens is 1. The molecule has 0 aromatic carbocycles. The van der Waals surface area contributed by atoms with Gasteiger partial charge in [0.1, 0.15) is 16.9 Å². The molecule has 1 aliphatic rings. The van der Waals surface area contributed by atoms with Gasteiger partial charge in [-0.15, -0.1) is 11.3 Å². The Morgan fingerprint density at radius 3 is 2.88 bits per heavy atom. The summed E-state index contributed by atoms with van der Waals surface area (Å²) in [6.45, 7) is -0.427. The molecule has 0 atom stereocenters. The maximum absolute atomic E-state index is 11.9. The summed E-state index contributed by atoms with van der Waals surface area (Å²) in [7, 11) is 0. The number of carbonyl (C=O) groups is 2. The van der Waals surface area contributed by atoms with Crippen LogP contribution in [0.1, 0.15) is 28.8 Å². The fourth-order valence-corrected chi connectivity index (χ4v) is 2.66. The van der Waals surface area contributed by atoms with Crippen LogP contribution in [0.5, 0.6) is 0 Å².